The maximum absolute atomic E-state index is 12.6. The van der Waals surface area contributed by atoms with Crippen LogP contribution in [0.5, 0.6) is 0 Å². The van der Waals surface area contributed by atoms with Gasteiger partial charge in [0.05, 0.1) is 0 Å². The van der Waals surface area contributed by atoms with E-state index in [4.69, 9.17) is 14.2 Å². The van der Waals surface area contributed by atoms with Gasteiger partial charge in [0.15, 0.2) is 6.10 Å². The Kier molecular flexibility index (Phi) is 39.6. The molecule has 6 nitrogen and oxygen atoms in total. The van der Waals surface area contributed by atoms with Gasteiger partial charge in [0.2, 0.25) is 0 Å². The Labute approximate surface area is 326 Å². The molecule has 0 rings (SSSR count). The molecule has 0 aliphatic carbocycles. The first-order valence-electron chi connectivity index (χ1n) is 21.8. The number of carbonyl (C=O) groups excluding carboxylic acids is 3. The number of hydrogen-bond donors (Lipinski definition) is 0. The summed E-state index contributed by atoms with van der Waals surface area (Å²) < 4.78 is 16.6. The van der Waals surface area contributed by atoms with Crippen LogP contribution in [0.15, 0.2) is 60.8 Å². The van der Waals surface area contributed by atoms with Crippen LogP contribution in [-0.4, -0.2) is 37.2 Å². The van der Waals surface area contributed by atoms with Gasteiger partial charge in [-0.05, 0) is 89.9 Å². The average Bonchev–Trinajstić information content (AvgIpc) is 3.15. The SMILES string of the molecule is CC/C=C\C/C=C\CCCCC(=O)OCC(COC(=O)CCCCC/C=C\C=C/CCCCCCCCC)OC(=O)CCCCCC/C=C\CCCC. The number of ether oxygens (including phenoxy) is 3. The van der Waals surface area contributed by atoms with Gasteiger partial charge >= 0.3 is 17.9 Å². The lowest BCUT2D eigenvalue weighted by atomic mass is 10.1. The van der Waals surface area contributed by atoms with Crippen LogP contribution >= 0.6 is 0 Å². The Morgan fingerprint density at radius 2 is 0.811 bits per heavy atom. The van der Waals surface area contributed by atoms with E-state index >= 15 is 0 Å². The average molecular weight is 741 g/mol. The summed E-state index contributed by atoms with van der Waals surface area (Å²) in [6, 6.07) is 0. The first-order chi connectivity index (χ1) is 26.0. The molecular formula is C47H80O6. The third-order valence-electron chi connectivity index (χ3n) is 9.00. The van der Waals surface area contributed by atoms with E-state index in [1.807, 2.05) is 0 Å². The molecular weight excluding hydrogens is 661 g/mol. The Bertz CT molecular complexity index is 991. The van der Waals surface area contributed by atoms with E-state index in [1.165, 1.54) is 57.8 Å². The van der Waals surface area contributed by atoms with Crippen LogP contribution in [0, 0.1) is 0 Å². The van der Waals surface area contributed by atoms with Crippen molar-refractivity contribution in [3.63, 3.8) is 0 Å². The van der Waals surface area contributed by atoms with E-state index < -0.39 is 6.10 Å². The van der Waals surface area contributed by atoms with Crippen LogP contribution in [0.25, 0.3) is 0 Å². The normalized spacial score (nSPS) is 12.6. The lowest BCUT2D eigenvalue weighted by Crippen LogP contribution is -2.30. The second kappa shape index (κ2) is 41.9. The molecule has 0 aromatic heterocycles. The fourth-order valence-electron chi connectivity index (χ4n) is 5.68. The van der Waals surface area contributed by atoms with Gasteiger partial charge in [-0.25, -0.2) is 0 Å². The molecule has 0 aliphatic heterocycles. The number of hydrogen-bond acceptors (Lipinski definition) is 6. The number of esters is 3. The molecule has 1 unspecified atom stereocenters. The van der Waals surface area contributed by atoms with Gasteiger partial charge < -0.3 is 14.2 Å². The molecule has 0 saturated heterocycles. The molecule has 0 bridgehead atoms. The molecule has 0 fully saturated rings. The second-order valence-electron chi connectivity index (χ2n) is 14.2. The van der Waals surface area contributed by atoms with Crippen LogP contribution in [0.1, 0.15) is 201 Å². The summed E-state index contributed by atoms with van der Waals surface area (Å²) in [7, 11) is 0. The standard InChI is InChI=1S/C47H80O6/c1-4-7-10-13-16-19-21-22-23-24-25-26-29-31-34-37-40-46(49)52-43-44(42-51-45(48)39-36-33-30-27-18-15-12-9-6-3)53-47(50)41-38-35-32-28-20-17-14-11-8-5-2/h9,12,14,17-18,23-27,44H,4-8,10-11,13,15-16,19-22,28-43H2,1-3H3/b12-9-,17-14-,24-23-,26-25-,27-18-. The van der Waals surface area contributed by atoms with Gasteiger partial charge in [-0.1, -0.05) is 152 Å². The van der Waals surface area contributed by atoms with Crippen molar-refractivity contribution in [1.82, 2.24) is 0 Å². The van der Waals surface area contributed by atoms with Crippen molar-refractivity contribution in [2.45, 2.75) is 207 Å². The lowest BCUT2D eigenvalue weighted by molar-refractivity contribution is -0.167. The Morgan fingerprint density at radius 1 is 0.415 bits per heavy atom. The maximum atomic E-state index is 12.6. The fourth-order valence-corrected chi connectivity index (χ4v) is 5.68. The number of rotatable bonds is 38. The van der Waals surface area contributed by atoms with Crippen molar-refractivity contribution in [1.29, 1.82) is 0 Å². The zero-order valence-corrected chi connectivity index (χ0v) is 34.5. The highest BCUT2D eigenvalue weighted by Crippen LogP contribution is 2.12. The Morgan fingerprint density at radius 3 is 1.38 bits per heavy atom. The molecule has 6 heteroatoms. The monoisotopic (exact) mass is 741 g/mol. The van der Waals surface area contributed by atoms with Crippen molar-refractivity contribution >= 4 is 17.9 Å². The van der Waals surface area contributed by atoms with Crippen molar-refractivity contribution in [3.8, 4) is 0 Å². The summed E-state index contributed by atoms with van der Waals surface area (Å²) in [5, 5.41) is 0. The Balaban J connectivity index is 4.42. The van der Waals surface area contributed by atoms with Crippen molar-refractivity contribution in [3.05, 3.63) is 60.8 Å². The van der Waals surface area contributed by atoms with Crippen LogP contribution in [0.3, 0.4) is 0 Å². The van der Waals surface area contributed by atoms with Crippen LogP contribution < -0.4 is 0 Å². The van der Waals surface area contributed by atoms with Crippen LogP contribution in [0.4, 0.5) is 0 Å². The highest BCUT2D eigenvalue weighted by Gasteiger charge is 2.19. The molecule has 0 saturated carbocycles. The van der Waals surface area contributed by atoms with Gasteiger partial charge in [0.25, 0.3) is 0 Å². The van der Waals surface area contributed by atoms with Crippen molar-refractivity contribution < 1.29 is 28.6 Å². The highest BCUT2D eigenvalue weighted by atomic mass is 16.6. The van der Waals surface area contributed by atoms with Gasteiger partial charge in [0, 0.05) is 19.3 Å². The molecule has 0 aliphatic rings. The van der Waals surface area contributed by atoms with E-state index in [0.717, 1.165) is 103 Å². The van der Waals surface area contributed by atoms with Crippen LogP contribution in [0.2, 0.25) is 0 Å². The molecule has 0 amide bonds. The fraction of sp³-hybridized carbons (Fsp3) is 0.723. The second-order valence-corrected chi connectivity index (χ2v) is 14.2. The minimum atomic E-state index is -0.799. The number of unbranched alkanes of at least 4 members (excludes halogenated alkanes) is 18. The molecule has 1 atom stereocenters. The highest BCUT2D eigenvalue weighted by molar-refractivity contribution is 5.71. The number of carbonyl (C=O) groups is 3. The molecule has 0 aromatic rings. The summed E-state index contributed by atoms with van der Waals surface area (Å²) in [6.45, 7) is 6.37. The minimum absolute atomic E-state index is 0.104. The molecule has 304 valence electrons. The smallest absolute Gasteiger partial charge is 0.306 e. The number of allylic oxidation sites excluding steroid dienone is 10. The van der Waals surface area contributed by atoms with E-state index in [1.54, 1.807) is 0 Å². The van der Waals surface area contributed by atoms with E-state index in [-0.39, 0.29) is 31.1 Å². The molecule has 0 spiro atoms. The summed E-state index contributed by atoms with van der Waals surface area (Å²) in [6.07, 6.45) is 49.3. The van der Waals surface area contributed by atoms with Gasteiger partial charge in [-0.15, -0.1) is 0 Å². The van der Waals surface area contributed by atoms with E-state index in [0.29, 0.717) is 19.3 Å². The minimum Gasteiger partial charge on any atom is -0.462 e. The topological polar surface area (TPSA) is 78.9 Å². The zero-order valence-electron chi connectivity index (χ0n) is 34.5. The molecule has 53 heavy (non-hydrogen) atoms. The predicted octanol–water partition coefficient (Wildman–Crippen LogP) is 13.7. The Hall–Kier alpha value is -2.89. The van der Waals surface area contributed by atoms with E-state index in [9.17, 15) is 14.4 Å². The summed E-state index contributed by atoms with van der Waals surface area (Å²) in [4.78, 5) is 37.5. The molecule has 0 radical (unpaired) electrons. The maximum Gasteiger partial charge on any atom is 0.306 e. The van der Waals surface area contributed by atoms with Gasteiger partial charge in [0.1, 0.15) is 13.2 Å². The summed E-state index contributed by atoms with van der Waals surface area (Å²) in [5.41, 5.74) is 0. The van der Waals surface area contributed by atoms with Crippen LogP contribution in [-0.2, 0) is 28.6 Å². The van der Waals surface area contributed by atoms with E-state index in [2.05, 4.69) is 81.5 Å². The predicted molar refractivity (Wildman–Crippen MR) is 224 cm³/mol. The third kappa shape index (κ3) is 40.1. The summed E-state index contributed by atoms with van der Waals surface area (Å²) >= 11 is 0. The first kappa shape index (κ1) is 50.1. The molecule has 0 heterocycles. The lowest BCUT2D eigenvalue weighted by Gasteiger charge is -2.18. The first-order valence-corrected chi connectivity index (χ1v) is 21.8. The quantitative estimate of drug-likeness (QED) is 0.0206. The van der Waals surface area contributed by atoms with Crippen molar-refractivity contribution in [2.24, 2.45) is 0 Å². The summed E-state index contributed by atoms with van der Waals surface area (Å²) in [5.74, 6) is -0.986. The van der Waals surface area contributed by atoms with Gasteiger partial charge in [-0.3, -0.25) is 14.4 Å². The zero-order chi connectivity index (χ0) is 38.7. The largest absolute Gasteiger partial charge is 0.462 e. The van der Waals surface area contributed by atoms with Gasteiger partial charge in [-0.2, -0.15) is 0 Å². The molecule has 0 aromatic carbocycles. The molecule has 0 N–H and O–H groups in total. The third-order valence-corrected chi connectivity index (χ3v) is 9.00. The van der Waals surface area contributed by atoms with Crippen molar-refractivity contribution in [2.75, 3.05) is 13.2 Å².